The van der Waals surface area contributed by atoms with Gasteiger partial charge in [0.15, 0.2) is 0 Å². The Hall–Kier alpha value is -1.39. The molecule has 0 saturated carbocycles. The molecule has 0 aromatic heterocycles. The zero-order chi connectivity index (χ0) is 15.0. The molecule has 0 radical (unpaired) electrons. The molecule has 0 aliphatic rings. The first-order chi connectivity index (χ1) is 9.58. The van der Waals surface area contributed by atoms with Crippen molar-refractivity contribution in [2.45, 2.75) is 32.2 Å². The lowest BCUT2D eigenvalue weighted by Gasteiger charge is -2.22. The molecule has 4 heteroatoms. The second-order valence-corrected chi connectivity index (χ2v) is 5.40. The van der Waals surface area contributed by atoms with Crippen molar-refractivity contribution in [3.05, 3.63) is 35.9 Å². The van der Waals surface area contributed by atoms with Crippen molar-refractivity contribution in [3.63, 3.8) is 0 Å². The van der Waals surface area contributed by atoms with Gasteiger partial charge in [0.1, 0.15) is 0 Å². The maximum atomic E-state index is 11.9. The Morgan fingerprint density at radius 2 is 1.95 bits per heavy atom. The SMILES string of the molecule is COC(=O)C(CNC(CO)CC(C)C)c1ccccc1. The number of benzene rings is 1. The average Bonchev–Trinajstić information content (AvgIpc) is 2.46. The number of aliphatic hydroxyl groups excluding tert-OH is 1. The molecule has 0 heterocycles. The van der Waals surface area contributed by atoms with Gasteiger partial charge in [-0.1, -0.05) is 44.2 Å². The van der Waals surface area contributed by atoms with Crippen LogP contribution in [-0.2, 0) is 9.53 Å². The molecule has 1 aromatic rings. The standard InChI is InChI=1S/C16H25NO3/c1-12(2)9-14(11-18)17-10-15(16(19)20-3)13-7-5-4-6-8-13/h4-8,12,14-15,17-18H,9-11H2,1-3H3. The number of hydrogen-bond acceptors (Lipinski definition) is 4. The van der Waals surface area contributed by atoms with E-state index in [2.05, 4.69) is 19.2 Å². The quantitative estimate of drug-likeness (QED) is 0.714. The van der Waals surface area contributed by atoms with Crippen LogP contribution in [0.2, 0.25) is 0 Å². The minimum absolute atomic E-state index is 0.00543. The number of esters is 1. The first-order valence-electron chi connectivity index (χ1n) is 7.05. The van der Waals surface area contributed by atoms with Gasteiger partial charge in [0.2, 0.25) is 0 Å². The molecule has 0 aliphatic heterocycles. The maximum absolute atomic E-state index is 11.9. The topological polar surface area (TPSA) is 58.6 Å². The van der Waals surface area contributed by atoms with Gasteiger partial charge in [0.05, 0.1) is 19.6 Å². The average molecular weight is 279 g/mol. The van der Waals surface area contributed by atoms with Crippen LogP contribution >= 0.6 is 0 Å². The summed E-state index contributed by atoms with van der Waals surface area (Å²) in [7, 11) is 1.40. The van der Waals surface area contributed by atoms with Gasteiger partial charge < -0.3 is 15.2 Å². The molecule has 2 unspecified atom stereocenters. The second-order valence-electron chi connectivity index (χ2n) is 5.40. The van der Waals surface area contributed by atoms with Crippen molar-refractivity contribution in [1.29, 1.82) is 0 Å². The van der Waals surface area contributed by atoms with Crippen LogP contribution < -0.4 is 5.32 Å². The highest BCUT2D eigenvalue weighted by atomic mass is 16.5. The van der Waals surface area contributed by atoms with Gasteiger partial charge >= 0.3 is 5.97 Å². The fourth-order valence-electron chi connectivity index (χ4n) is 2.24. The summed E-state index contributed by atoms with van der Waals surface area (Å²) in [5, 5.41) is 12.6. The number of aliphatic hydroxyl groups is 1. The third-order valence-corrected chi connectivity index (χ3v) is 3.27. The van der Waals surface area contributed by atoms with Gasteiger partial charge in [-0.05, 0) is 17.9 Å². The van der Waals surface area contributed by atoms with Crippen LogP contribution in [0.1, 0.15) is 31.7 Å². The molecule has 112 valence electrons. The lowest BCUT2D eigenvalue weighted by Crippen LogP contribution is -2.38. The molecule has 1 aromatic carbocycles. The van der Waals surface area contributed by atoms with Crippen molar-refractivity contribution >= 4 is 5.97 Å². The third kappa shape index (κ3) is 5.31. The van der Waals surface area contributed by atoms with Crippen molar-refractivity contribution in [2.24, 2.45) is 5.92 Å². The highest BCUT2D eigenvalue weighted by Crippen LogP contribution is 2.17. The third-order valence-electron chi connectivity index (χ3n) is 3.27. The molecule has 2 N–H and O–H groups in total. The summed E-state index contributed by atoms with van der Waals surface area (Å²) < 4.78 is 4.87. The van der Waals surface area contributed by atoms with Crippen LogP contribution in [0.3, 0.4) is 0 Å². The molecule has 2 atom stereocenters. The molecule has 4 nitrogen and oxygen atoms in total. The van der Waals surface area contributed by atoms with E-state index in [0.29, 0.717) is 12.5 Å². The van der Waals surface area contributed by atoms with Gasteiger partial charge in [0, 0.05) is 12.6 Å². The Bertz CT molecular complexity index is 392. The summed E-state index contributed by atoms with van der Waals surface area (Å²) in [5.41, 5.74) is 0.924. The molecule has 0 amide bonds. The number of rotatable bonds is 8. The zero-order valence-electron chi connectivity index (χ0n) is 12.5. The van der Waals surface area contributed by atoms with Crippen LogP contribution in [0.4, 0.5) is 0 Å². The summed E-state index contributed by atoms with van der Waals surface area (Å²) in [6, 6.07) is 9.57. The zero-order valence-corrected chi connectivity index (χ0v) is 12.5. The summed E-state index contributed by atoms with van der Waals surface area (Å²) >= 11 is 0. The highest BCUT2D eigenvalue weighted by Gasteiger charge is 2.22. The van der Waals surface area contributed by atoms with E-state index in [4.69, 9.17) is 4.74 Å². The summed E-state index contributed by atoms with van der Waals surface area (Å²) in [6.45, 7) is 4.76. The second kappa shape index (κ2) is 8.72. The number of carbonyl (C=O) groups is 1. The molecule has 20 heavy (non-hydrogen) atoms. The van der Waals surface area contributed by atoms with E-state index >= 15 is 0 Å². The molecule has 0 saturated heterocycles. The van der Waals surface area contributed by atoms with Gasteiger partial charge in [-0.2, -0.15) is 0 Å². The minimum atomic E-state index is -0.345. The maximum Gasteiger partial charge on any atom is 0.314 e. The van der Waals surface area contributed by atoms with E-state index in [1.807, 2.05) is 30.3 Å². The predicted octanol–water partition coefficient (Wildman–Crippen LogP) is 1.94. The molecule has 0 aliphatic carbocycles. The monoisotopic (exact) mass is 279 g/mol. The first kappa shape index (κ1) is 16.7. The summed E-state index contributed by atoms with van der Waals surface area (Å²) in [5.74, 6) is -0.111. The Morgan fingerprint density at radius 3 is 2.45 bits per heavy atom. The molecular weight excluding hydrogens is 254 g/mol. The van der Waals surface area contributed by atoms with Gasteiger partial charge in [0.25, 0.3) is 0 Å². The van der Waals surface area contributed by atoms with E-state index in [1.54, 1.807) is 0 Å². The van der Waals surface area contributed by atoms with Crippen molar-refractivity contribution in [2.75, 3.05) is 20.3 Å². The van der Waals surface area contributed by atoms with Gasteiger partial charge in [-0.25, -0.2) is 0 Å². The first-order valence-corrected chi connectivity index (χ1v) is 7.05. The minimum Gasteiger partial charge on any atom is -0.469 e. The van der Waals surface area contributed by atoms with Crippen LogP contribution in [0.25, 0.3) is 0 Å². The predicted molar refractivity (Wildman–Crippen MR) is 79.5 cm³/mol. The smallest absolute Gasteiger partial charge is 0.314 e. The number of hydrogen-bond donors (Lipinski definition) is 2. The molecule has 0 spiro atoms. The van der Waals surface area contributed by atoms with Gasteiger partial charge in [-0.3, -0.25) is 4.79 Å². The number of methoxy groups -OCH3 is 1. The van der Waals surface area contributed by atoms with E-state index in [0.717, 1.165) is 12.0 Å². The Morgan fingerprint density at radius 1 is 1.30 bits per heavy atom. The van der Waals surface area contributed by atoms with Crippen LogP contribution in [0.15, 0.2) is 30.3 Å². The van der Waals surface area contributed by atoms with Crippen LogP contribution in [0, 0.1) is 5.92 Å². The van der Waals surface area contributed by atoms with E-state index < -0.39 is 0 Å². The van der Waals surface area contributed by atoms with E-state index in [1.165, 1.54) is 7.11 Å². The largest absolute Gasteiger partial charge is 0.469 e. The summed E-state index contributed by atoms with van der Waals surface area (Å²) in [4.78, 5) is 11.9. The van der Waals surface area contributed by atoms with Crippen LogP contribution in [-0.4, -0.2) is 37.4 Å². The lowest BCUT2D eigenvalue weighted by atomic mass is 9.98. The number of ether oxygens (including phenoxy) is 1. The van der Waals surface area contributed by atoms with Crippen molar-refractivity contribution in [3.8, 4) is 0 Å². The molecule has 0 fully saturated rings. The molecule has 1 rings (SSSR count). The molecule has 0 bridgehead atoms. The van der Waals surface area contributed by atoms with Crippen molar-refractivity contribution in [1.82, 2.24) is 5.32 Å². The normalized spacial score (nSPS) is 14.1. The molecular formula is C16H25NO3. The number of nitrogens with one attached hydrogen (secondary N) is 1. The fraction of sp³-hybridized carbons (Fsp3) is 0.562. The Kier molecular flexibility index (Phi) is 7.26. The van der Waals surface area contributed by atoms with Gasteiger partial charge in [-0.15, -0.1) is 0 Å². The Labute approximate surface area is 121 Å². The van der Waals surface area contributed by atoms with Crippen LogP contribution in [0.5, 0.6) is 0 Å². The highest BCUT2D eigenvalue weighted by molar-refractivity contribution is 5.78. The van der Waals surface area contributed by atoms with E-state index in [-0.39, 0.29) is 24.5 Å². The fourth-order valence-corrected chi connectivity index (χ4v) is 2.24. The lowest BCUT2D eigenvalue weighted by molar-refractivity contribution is -0.142. The summed E-state index contributed by atoms with van der Waals surface area (Å²) in [6.07, 6.45) is 0.874. The van der Waals surface area contributed by atoms with Crippen molar-refractivity contribution < 1.29 is 14.6 Å². The Balaban J connectivity index is 2.69. The number of carbonyl (C=O) groups excluding carboxylic acids is 1. The van der Waals surface area contributed by atoms with E-state index in [9.17, 15) is 9.90 Å².